The third kappa shape index (κ3) is 4.41. The van der Waals surface area contributed by atoms with Gasteiger partial charge in [0.05, 0.1) is 26.9 Å². The molecule has 0 fully saturated rings. The van der Waals surface area contributed by atoms with Crippen LogP contribution in [0.15, 0.2) is 42.5 Å². The van der Waals surface area contributed by atoms with Gasteiger partial charge < -0.3 is 19.9 Å². The summed E-state index contributed by atoms with van der Waals surface area (Å²) in [6.45, 7) is 2.11. The first kappa shape index (κ1) is 18.6. The molecule has 2 N–H and O–H groups in total. The first-order valence-electron chi connectivity index (χ1n) is 7.97. The highest BCUT2D eigenvalue weighted by atomic mass is 35.5. The average molecular weight is 350 g/mol. The molecule has 0 spiro atoms. The van der Waals surface area contributed by atoms with Gasteiger partial charge in [-0.05, 0) is 41.8 Å². The molecule has 0 aliphatic rings. The number of rotatable bonds is 8. The van der Waals surface area contributed by atoms with Crippen LogP contribution < -0.4 is 14.8 Å². The summed E-state index contributed by atoms with van der Waals surface area (Å²) in [4.78, 5) is 0. The number of aliphatic hydroxyl groups excluding tert-OH is 1. The Morgan fingerprint density at radius 2 is 1.58 bits per heavy atom. The lowest BCUT2D eigenvalue weighted by molar-refractivity contribution is 0.231. The number of ether oxygens (including phenoxy) is 2. The molecule has 2 aromatic rings. The van der Waals surface area contributed by atoms with E-state index < -0.39 is 0 Å². The first-order chi connectivity index (χ1) is 11.6. The number of benzene rings is 2. The molecule has 4 nitrogen and oxygen atoms in total. The van der Waals surface area contributed by atoms with E-state index in [2.05, 4.69) is 12.2 Å². The van der Waals surface area contributed by atoms with Gasteiger partial charge in [0.1, 0.15) is 0 Å². The summed E-state index contributed by atoms with van der Waals surface area (Å²) in [5.74, 6) is 1.40. The monoisotopic (exact) mass is 349 g/mol. The van der Waals surface area contributed by atoms with E-state index in [1.807, 2.05) is 42.5 Å². The molecule has 0 saturated carbocycles. The van der Waals surface area contributed by atoms with Crippen LogP contribution in [0, 0.1) is 0 Å². The van der Waals surface area contributed by atoms with Crippen molar-refractivity contribution in [2.75, 3.05) is 20.8 Å². The second kappa shape index (κ2) is 8.92. The Bertz CT molecular complexity index is 646. The molecule has 130 valence electrons. The topological polar surface area (TPSA) is 50.7 Å². The van der Waals surface area contributed by atoms with Crippen LogP contribution in [-0.4, -0.2) is 25.9 Å². The van der Waals surface area contributed by atoms with E-state index in [0.29, 0.717) is 16.5 Å². The summed E-state index contributed by atoms with van der Waals surface area (Å²) < 4.78 is 10.7. The van der Waals surface area contributed by atoms with Gasteiger partial charge in [-0.2, -0.15) is 0 Å². The maximum atomic E-state index is 9.78. The maximum absolute atomic E-state index is 9.78. The van der Waals surface area contributed by atoms with Crippen molar-refractivity contribution < 1.29 is 14.6 Å². The summed E-state index contributed by atoms with van der Waals surface area (Å²) >= 11 is 5.94. The quantitative estimate of drug-likeness (QED) is 0.752. The standard InChI is InChI=1S/C19H24ClNO3/c1-4-16(14-7-10-18(23-2)19(11-14)24-3)21-17(12-22)13-5-8-15(20)9-6-13/h5-11,16-17,21-22H,4,12H2,1-3H3. The molecule has 24 heavy (non-hydrogen) atoms. The van der Waals surface area contributed by atoms with Gasteiger partial charge in [0.2, 0.25) is 0 Å². The Morgan fingerprint density at radius 1 is 0.958 bits per heavy atom. The summed E-state index contributed by atoms with van der Waals surface area (Å²) in [7, 11) is 3.25. The molecule has 5 heteroatoms. The van der Waals surface area contributed by atoms with Crippen LogP contribution in [0.4, 0.5) is 0 Å². The van der Waals surface area contributed by atoms with Crippen molar-refractivity contribution in [1.29, 1.82) is 0 Å². The fourth-order valence-corrected chi connectivity index (χ4v) is 2.84. The molecule has 2 aromatic carbocycles. The molecule has 0 aliphatic carbocycles. The number of hydrogen-bond acceptors (Lipinski definition) is 4. The summed E-state index contributed by atoms with van der Waals surface area (Å²) in [6, 6.07) is 13.3. The fourth-order valence-electron chi connectivity index (χ4n) is 2.71. The predicted molar refractivity (Wildman–Crippen MR) is 97.0 cm³/mol. The SMILES string of the molecule is CCC(NC(CO)c1ccc(Cl)cc1)c1ccc(OC)c(OC)c1. The van der Waals surface area contributed by atoms with E-state index in [4.69, 9.17) is 21.1 Å². The maximum Gasteiger partial charge on any atom is 0.161 e. The molecule has 2 unspecified atom stereocenters. The minimum atomic E-state index is -0.166. The zero-order chi connectivity index (χ0) is 17.5. The molecular weight excluding hydrogens is 326 g/mol. The van der Waals surface area contributed by atoms with E-state index >= 15 is 0 Å². The van der Waals surface area contributed by atoms with Crippen molar-refractivity contribution in [3.05, 3.63) is 58.6 Å². The minimum Gasteiger partial charge on any atom is -0.493 e. The number of nitrogens with one attached hydrogen (secondary N) is 1. The number of hydrogen-bond donors (Lipinski definition) is 2. The number of methoxy groups -OCH3 is 2. The summed E-state index contributed by atoms with van der Waals surface area (Å²) in [5.41, 5.74) is 2.09. The van der Waals surface area contributed by atoms with Crippen LogP contribution in [-0.2, 0) is 0 Å². The largest absolute Gasteiger partial charge is 0.493 e. The molecule has 2 atom stereocenters. The van der Waals surface area contributed by atoms with Crippen LogP contribution in [0.2, 0.25) is 5.02 Å². The van der Waals surface area contributed by atoms with Gasteiger partial charge in [-0.3, -0.25) is 0 Å². The van der Waals surface area contributed by atoms with Gasteiger partial charge in [-0.25, -0.2) is 0 Å². The number of aliphatic hydroxyl groups is 1. The van der Waals surface area contributed by atoms with Crippen molar-refractivity contribution in [2.24, 2.45) is 0 Å². The van der Waals surface area contributed by atoms with E-state index in [0.717, 1.165) is 17.5 Å². The fraction of sp³-hybridized carbons (Fsp3) is 0.368. The number of halogens is 1. The molecule has 0 amide bonds. The Kier molecular flexibility index (Phi) is 6.91. The highest BCUT2D eigenvalue weighted by Gasteiger charge is 2.18. The first-order valence-corrected chi connectivity index (χ1v) is 8.35. The zero-order valence-corrected chi connectivity index (χ0v) is 15.0. The molecule has 0 radical (unpaired) electrons. The van der Waals surface area contributed by atoms with Crippen LogP contribution >= 0.6 is 11.6 Å². The zero-order valence-electron chi connectivity index (χ0n) is 14.3. The van der Waals surface area contributed by atoms with Crippen LogP contribution in [0.5, 0.6) is 11.5 Å². The Hall–Kier alpha value is -1.75. The minimum absolute atomic E-state index is 0.00538. The van der Waals surface area contributed by atoms with Crippen molar-refractivity contribution >= 4 is 11.6 Å². The molecule has 0 saturated heterocycles. The van der Waals surface area contributed by atoms with Gasteiger partial charge >= 0.3 is 0 Å². The van der Waals surface area contributed by atoms with Gasteiger partial charge in [0.25, 0.3) is 0 Å². The average Bonchev–Trinajstić information content (AvgIpc) is 2.63. The van der Waals surface area contributed by atoms with Gasteiger partial charge in [-0.15, -0.1) is 0 Å². The summed E-state index contributed by atoms with van der Waals surface area (Å²) in [6.07, 6.45) is 0.875. The lowest BCUT2D eigenvalue weighted by Gasteiger charge is -2.25. The van der Waals surface area contributed by atoms with Crippen LogP contribution in [0.25, 0.3) is 0 Å². The van der Waals surface area contributed by atoms with Gasteiger partial charge in [-0.1, -0.05) is 36.7 Å². The van der Waals surface area contributed by atoms with Crippen LogP contribution in [0.3, 0.4) is 0 Å². The third-order valence-corrected chi connectivity index (χ3v) is 4.33. The molecule has 0 bridgehead atoms. The molecule has 0 aliphatic heterocycles. The van der Waals surface area contributed by atoms with E-state index in [1.54, 1.807) is 14.2 Å². The van der Waals surface area contributed by atoms with Crippen molar-refractivity contribution in [1.82, 2.24) is 5.32 Å². The third-order valence-electron chi connectivity index (χ3n) is 4.08. The van der Waals surface area contributed by atoms with Crippen molar-refractivity contribution in [3.63, 3.8) is 0 Å². The van der Waals surface area contributed by atoms with Crippen LogP contribution in [0.1, 0.15) is 36.6 Å². The second-order valence-corrected chi connectivity index (χ2v) is 5.97. The van der Waals surface area contributed by atoms with Gasteiger partial charge in [0.15, 0.2) is 11.5 Å². The molecular formula is C19H24ClNO3. The Morgan fingerprint density at radius 3 is 2.12 bits per heavy atom. The lowest BCUT2D eigenvalue weighted by atomic mass is 10.0. The molecule has 0 heterocycles. The predicted octanol–water partition coefficient (Wildman–Crippen LogP) is 4.13. The smallest absolute Gasteiger partial charge is 0.161 e. The Labute approximate surface area is 148 Å². The van der Waals surface area contributed by atoms with E-state index in [1.165, 1.54) is 0 Å². The summed E-state index contributed by atoms with van der Waals surface area (Å²) in [5, 5.41) is 14.0. The van der Waals surface area contributed by atoms with E-state index in [9.17, 15) is 5.11 Å². The Balaban J connectivity index is 2.22. The normalized spacial score (nSPS) is 13.4. The highest BCUT2D eigenvalue weighted by Crippen LogP contribution is 2.32. The lowest BCUT2D eigenvalue weighted by Crippen LogP contribution is -2.28. The van der Waals surface area contributed by atoms with E-state index in [-0.39, 0.29) is 18.7 Å². The highest BCUT2D eigenvalue weighted by molar-refractivity contribution is 6.30. The second-order valence-electron chi connectivity index (χ2n) is 5.53. The van der Waals surface area contributed by atoms with Crippen molar-refractivity contribution in [2.45, 2.75) is 25.4 Å². The van der Waals surface area contributed by atoms with Crippen molar-refractivity contribution in [3.8, 4) is 11.5 Å². The van der Waals surface area contributed by atoms with Gasteiger partial charge in [0, 0.05) is 11.1 Å². The molecule has 2 rings (SSSR count). The molecule has 0 aromatic heterocycles.